The van der Waals surface area contributed by atoms with Crippen molar-refractivity contribution in [2.75, 3.05) is 23.3 Å². The molecule has 0 unspecified atom stereocenters. The number of rotatable bonds is 3. The third kappa shape index (κ3) is 5.07. The fraction of sp³-hybridized carbons (Fsp3) is 0.364. The van der Waals surface area contributed by atoms with Gasteiger partial charge in [-0.1, -0.05) is 13.0 Å². The van der Waals surface area contributed by atoms with Crippen LogP contribution in [0, 0.1) is 19.8 Å². The number of amides is 1. The molecule has 1 fully saturated rings. The number of hydrogen-bond donors (Lipinski definition) is 2. The molecule has 0 atom stereocenters. The summed E-state index contributed by atoms with van der Waals surface area (Å²) in [5.74, 6) is 0.621. The first kappa shape index (κ1) is 19.4. The van der Waals surface area contributed by atoms with Gasteiger partial charge in [-0.2, -0.15) is 0 Å². The number of thiocarbonyl (C=S) groups is 1. The Balaban J connectivity index is 1.56. The smallest absolute Gasteiger partial charge is 0.257 e. The molecule has 0 radical (unpaired) electrons. The van der Waals surface area contributed by atoms with Gasteiger partial charge >= 0.3 is 0 Å². The van der Waals surface area contributed by atoms with E-state index in [-0.39, 0.29) is 5.91 Å². The second kappa shape index (κ2) is 8.53. The van der Waals surface area contributed by atoms with Gasteiger partial charge in [-0.25, -0.2) is 0 Å². The van der Waals surface area contributed by atoms with Crippen molar-refractivity contribution in [2.24, 2.45) is 5.92 Å². The molecule has 142 valence electrons. The molecule has 4 nitrogen and oxygen atoms in total. The Morgan fingerprint density at radius 3 is 2.33 bits per heavy atom. The van der Waals surface area contributed by atoms with E-state index in [4.69, 9.17) is 12.2 Å². The summed E-state index contributed by atoms with van der Waals surface area (Å²) in [6.45, 7) is 8.55. The Morgan fingerprint density at radius 2 is 1.70 bits per heavy atom. The minimum atomic E-state index is -0.199. The fourth-order valence-corrected chi connectivity index (χ4v) is 3.45. The summed E-state index contributed by atoms with van der Waals surface area (Å²) in [6, 6.07) is 13.8. The second-order valence-corrected chi connectivity index (χ2v) is 7.83. The molecule has 1 aliphatic rings. The van der Waals surface area contributed by atoms with Gasteiger partial charge in [-0.15, -0.1) is 0 Å². The van der Waals surface area contributed by atoms with Crippen LogP contribution in [0.2, 0.25) is 0 Å². The standard InChI is InChI=1S/C22H27N3OS/c1-15-10-12-25(13-11-15)20-8-6-19(7-9-20)23-22(27)24-21(26)18-5-4-16(2)17(3)14-18/h4-9,14-15H,10-13H2,1-3H3,(H2,23,24,26,27). The first-order chi connectivity index (χ1) is 12.9. The summed E-state index contributed by atoms with van der Waals surface area (Å²) in [5.41, 5.74) is 4.96. The zero-order valence-corrected chi connectivity index (χ0v) is 17.0. The average Bonchev–Trinajstić information content (AvgIpc) is 2.65. The summed E-state index contributed by atoms with van der Waals surface area (Å²) < 4.78 is 0. The largest absolute Gasteiger partial charge is 0.372 e. The van der Waals surface area contributed by atoms with Crippen LogP contribution in [-0.4, -0.2) is 24.1 Å². The Bertz CT molecular complexity index is 824. The van der Waals surface area contributed by atoms with E-state index in [1.54, 1.807) is 0 Å². The maximum Gasteiger partial charge on any atom is 0.257 e. The molecular formula is C22H27N3OS. The van der Waals surface area contributed by atoms with Crippen molar-refractivity contribution in [3.05, 3.63) is 59.2 Å². The number of nitrogens with one attached hydrogen (secondary N) is 2. The van der Waals surface area contributed by atoms with Crippen LogP contribution in [0.1, 0.15) is 41.3 Å². The van der Waals surface area contributed by atoms with Crippen LogP contribution in [0.15, 0.2) is 42.5 Å². The molecule has 0 aliphatic carbocycles. The molecule has 5 heteroatoms. The molecule has 3 rings (SSSR count). The first-order valence-electron chi connectivity index (χ1n) is 9.47. The highest BCUT2D eigenvalue weighted by Gasteiger charge is 2.16. The van der Waals surface area contributed by atoms with Gasteiger partial charge in [0.05, 0.1) is 0 Å². The van der Waals surface area contributed by atoms with E-state index in [0.717, 1.165) is 35.8 Å². The van der Waals surface area contributed by atoms with E-state index in [2.05, 4.69) is 34.6 Å². The van der Waals surface area contributed by atoms with Gasteiger partial charge in [0, 0.05) is 30.0 Å². The lowest BCUT2D eigenvalue weighted by atomic mass is 9.99. The van der Waals surface area contributed by atoms with Gasteiger partial charge in [0.2, 0.25) is 0 Å². The lowest BCUT2D eigenvalue weighted by Crippen LogP contribution is -2.34. The van der Waals surface area contributed by atoms with Crippen LogP contribution >= 0.6 is 12.2 Å². The first-order valence-corrected chi connectivity index (χ1v) is 9.88. The van der Waals surface area contributed by atoms with E-state index < -0.39 is 0 Å². The SMILES string of the molecule is Cc1ccc(C(=O)NC(=S)Nc2ccc(N3CCC(C)CC3)cc2)cc1C. The Labute approximate surface area is 167 Å². The number of nitrogens with zero attached hydrogens (tertiary/aromatic N) is 1. The van der Waals surface area contributed by atoms with E-state index >= 15 is 0 Å². The van der Waals surface area contributed by atoms with Crippen molar-refractivity contribution in [1.29, 1.82) is 0 Å². The van der Waals surface area contributed by atoms with Crippen molar-refractivity contribution in [1.82, 2.24) is 5.32 Å². The Kier molecular flexibility index (Phi) is 6.11. The van der Waals surface area contributed by atoms with Gasteiger partial charge in [-0.3, -0.25) is 10.1 Å². The zero-order chi connectivity index (χ0) is 19.4. The predicted octanol–water partition coefficient (Wildman–Crippen LogP) is 4.67. The van der Waals surface area contributed by atoms with Crippen LogP contribution in [0.4, 0.5) is 11.4 Å². The van der Waals surface area contributed by atoms with Crippen molar-refractivity contribution >= 4 is 34.6 Å². The zero-order valence-electron chi connectivity index (χ0n) is 16.2. The number of carbonyl (C=O) groups is 1. The number of aryl methyl sites for hydroxylation is 2. The average molecular weight is 382 g/mol. The van der Waals surface area contributed by atoms with Gasteiger partial charge in [0.1, 0.15) is 0 Å². The summed E-state index contributed by atoms with van der Waals surface area (Å²) in [7, 11) is 0. The lowest BCUT2D eigenvalue weighted by molar-refractivity contribution is 0.0977. The van der Waals surface area contributed by atoms with Crippen LogP contribution in [0.3, 0.4) is 0 Å². The van der Waals surface area contributed by atoms with Gasteiger partial charge in [0.15, 0.2) is 5.11 Å². The Morgan fingerprint density at radius 1 is 1.04 bits per heavy atom. The molecule has 0 aromatic heterocycles. The van der Waals surface area contributed by atoms with Gasteiger partial charge < -0.3 is 10.2 Å². The third-order valence-corrected chi connectivity index (χ3v) is 5.47. The van der Waals surface area contributed by atoms with Crippen LogP contribution in [0.25, 0.3) is 0 Å². The number of anilines is 2. The molecule has 0 spiro atoms. The quantitative estimate of drug-likeness (QED) is 0.759. The molecular weight excluding hydrogens is 354 g/mol. The molecule has 2 N–H and O–H groups in total. The monoisotopic (exact) mass is 381 g/mol. The molecule has 1 aliphatic heterocycles. The van der Waals surface area contributed by atoms with Crippen LogP contribution in [0.5, 0.6) is 0 Å². The minimum Gasteiger partial charge on any atom is -0.372 e. The molecule has 27 heavy (non-hydrogen) atoms. The topological polar surface area (TPSA) is 44.4 Å². The van der Waals surface area contributed by atoms with E-state index in [0.29, 0.717) is 10.7 Å². The number of hydrogen-bond acceptors (Lipinski definition) is 3. The number of carbonyl (C=O) groups excluding carboxylic acids is 1. The lowest BCUT2D eigenvalue weighted by Gasteiger charge is -2.32. The summed E-state index contributed by atoms with van der Waals surface area (Å²) in [4.78, 5) is 14.8. The maximum atomic E-state index is 12.4. The second-order valence-electron chi connectivity index (χ2n) is 7.42. The number of benzene rings is 2. The summed E-state index contributed by atoms with van der Waals surface area (Å²) >= 11 is 5.29. The fourth-order valence-electron chi connectivity index (χ4n) is 3.24. The Hall–Kier alpha value is -2.40. The van der Waals surface area contributed by atoms with Crippen LogP contribution in [-0.2, 0) is 0 Å². The summed E-state index contributed by atoms with van der Waals surface area (Å²) in [6.07, 6.45) is 2.49. The molecule has 1 heterocycles. The highest BCUT2D eigenvalue weighted by atomic mass is 32.1. The minimum absolute atomic E-state index is 0.199. The van der Waals surface area contributed by atoms with Gasteiger partial charge in [0.25, 0.3) is 5.91 Å². The van der Waals surface area contributed by atoms with Crippen molar-refractivity contribution in [3.63, 3.8) is 0 Å². The molecule has 0 bridgehead atoms. The van der Waals surface area contributed by atoms with Gasteiger partial charge in [-0.05, 0) is 92.4 Å². The number of piperidine rings is 1. The molecule has 2 aromatic rings. The molecule has 2 aromatic carbocycles. The van der Waals surface area contributed by atoms with E-state index in [1.165, 1.54) is 18.5 Å². The van der Waals surface area contributed by atoms with E-state index in [9.17, 15) is 4.79 Å². The molecule has 0 saturated carbocycles. The van der Waals surface area contributed by atoms with Crippen molar-refractivity contribution < 1.29 is 4.79 Å². The summed E-state index contributed by atoms with van der Waals surface area (Å²) in [5, 5.41) is 6.14. The predicted molar refractivity (Wildman–Crippen MR) is 117 cm³/mol. The molecule has 1 saturated heterocycles. The third-order valence-electron chi connectivity index (χ3n) is 5.27. The maximum absolute atomic E-state index is 12.4. The normalized spacial score (nSPS) is 14.7. The highest BCUT2D eigenvalue weighted by molar-refractivity contribution is 7.80. The van der Waals surface area contributed by atoms with Crippen LogP contribution < -0.4 is 15.5 Å². The molecule has 1 amide bonds. The van der Waals surface area contributed by atoms with Crippen molar-refractivity contribution in [2.45, 2.75) is 33.6 Å². The van der Waals surface area contributed by atoms with E-state index in [1.807, 2.05) is 44.2 Å². The van der Waals surface area contributed by atoms with Crippen molar-refractivity contribution in [3.8, 4) is 0 Å². The highest BCUT2D eigenvalue weighted by Crippen LogP contribution is 2.24.